The van der Waals surface area contributed by atoms with Crippen LogP contribution < -0.4 is 9.47 Å². The van der Waals surface area contributed by atoms with Crippen molar-refractivity contribution >= 4 is 23.4 Å². The van der Waals surface area contributed by atoms with Gasteiger partial charge in [0.2, 0.25) is 5.91 Å². The van der Waals surface area contributed by atoms with Crippen molar-refractivity contribution in [1.29, 1.82) is 0 Å². The molecule has 3 aromatic rings. The van der Waals surface area contributed by atoms with E-state index in [9.17, 15) is 14.0 Å². The van der Waals surface area contributed by atoms with E-state index in [2.05, 4.69) is 0 Å². The second-order valence-corrected chi connectivity index (χ2v) is 10.3. The number of halogens is 2. The molecule has 3 aromatic carbocycles. The number of hydrogen-bond donors (Lipinski definition) is 0. The van der Waals surface area contributed by atoms with E-state index in [4.69, 9.17) is 21.1 Å². The predicted molar refractivity (Wildman–Crippen MR) is 145 cm³/mol. The number of nitrogens with zero attached hydrogens (tertiary/aromatic N) is 2. The van der Waals surface area contributed by atoms with Gasteiger partial charge in [-0.25, -0.2) is 4.39 Å². The second-order valence-electron chi connectivity index (χ2n) is 9.82. The minimum absolute atomic E-state index is 0.0135. The number of ether oxygens (including phenoxy) is 2. The molecule has 0 saturated carbocycles. The maximum atomic E-state index is 13.4. The first kappa shape index (κ1) is 27.5. The average molecular weight is 539 g/mol. The fourth-order valence-corrected chi connectivity index (χ4v) is 4.88. The van der Waals surface area contributed by atoms with E-state index in [1.165, 1.54) is 24.3 Å². The molecule has 4 rings (SSSR count). The number of rotatable bonds is 10. The van der Waals surface area contributed by atoms with Crippen LogP contribution in [0.5, 0.6) is 11.5 Å². The molecule has 6 nitrogen and oxygen atoms in total. The first-order chi connectivity index (χ1) is 18.3. The van der Waals surface area contributed by atoms with Crippen LogP contribution in [0, 0.1) is 11.2 Å². The summed E-state index contributed by atoms with van der Waals surface area (Å²) in [5, 5.41) is 0.564. The maximum absolute atomic E-state index is 13.4. The Bertz CT molecular complexity index is 1220. The summed E-state index contributed by atoms with van der Waals surface area (Å²) in [6.45, 7) is 1.53. The average Bonchev–Trinajstić information content (AvgIpc) is 2.92. The van der Waals surface area contributed by atoms with E-state index in [-0.39, 0.29) is 37.3 Å². The zero-order valence-corrected chi connectivity index (χ0v) is 22.2. The van der Waals surface area contributed by atoms with Crippen molar-refractivity contribution < 1.29 is 23.5 Å². The van der Waals surface area contributed by atoms with Crippen molar-refractivity contribution in [2.24, 2.45) is 5.41 Å². The van der Waals surface area contributed by atoms with E-state index < -0.39 is 5.41 Å². The largest absolute Gasteiger partial charge is 0.493 e. The normalized spacial score (nSPS) is 17.1. The zero-order chi connectivity index (χ0) is 27.0. The van der Waals surface area contributed by atoms with Gasteiger partial charge in [0.05, 0.1) is 6.61 Å². The molecule has 0 aromatic heterocycles. The molecular formula is C30H32ClFN2O4. The number of carbonyl (C=O) groups excluding carboxylic acids is 2. The molecule has 38 heavy (non-hydrogen) atoms. The lowest BCUT2D eigenvalue weighted by Crippen LogP contribution is -2.51. The number of carbonyl (C=O) groups is 2. The second kappa shape index (κ2) is 12.8. The predicted octanol–water partition coefficient (Wildman–Crippen LogP) is 5.59. The molecule has 0 spiro atoms. The molecule has 8 heteroatoms. The van der Waals surface area contributed by atoms with Crippen LogP contribution in [-0.4, -0.2) is 55.0 Å². The molecule has 0 aliphatic carbocycles. The van der Waals surface area contributed by atoms with Crippen LogP contribution in [0.4, 0.5) is 4.39 Å². The Hall–Kier alpha value is -3.58. The Kier molecular flexibility index (Phi) is 9.24. The monoisotopic (exact) mass is 538 g/mol. The van der Waals surface area contributed by atoms with Crippen molar-refractivity contribution in [3.05, 3.63) is 95.3 Å². The van der Waals surface area contributed by atoms with Gasteiger partial charge in [-0.05, 0) is 60.9 Å². The van der Waals surface area contributed by atoms with E-state index in [0.717, 1.165) is 18.4 Å². The lowest BCUT2D eigenvalue weighted by Gasteiger charge is -2.42. The first-order valence-electron chi connectivity index (χ1n) is 12.6. The van der Waals surface area contributed by atoms with Crippen molar-refractivity contribution in [3.8, 4) is 11.5 Å². The summed E-state index contributed by atoms with van der Waals surface area (Å²) < 4.78 is 24.9. The van der Waals surface area contributed by atoms with Crippen molar-refractivity contribution in [1.82, 2.24) is 9.80 Å². The molecule has 1 heterocycles. The zero-order valence-electron chi connectivity index (χ0n) is 21.4. The van der Waals surface area contributed by atoms with Crippen LogP contribution >= 0.6 is 11.6 Å². The summed E-state index contributed by atoms with van der Waals surface area (Å²) in [5.41, 5.74) is 0.472. The quantitative estimate of drug-likeness (QED) is 0.337. The minimum atomic E-state index is -0.575. The smallest absolute Gasteiger partial charge is 0.260 e. The fraction of sp³-hybridized carbons (Fsp3) is 0.333. The highest BCUT2D eigenvalue weighted by atomic mass is 35.5. The van der Waals surface area contributed by atoms with Gasteiger partial charge < -0.3 is 19.3 Å². The van der Waals surface area contributed by atoms with Crippen LogP contribution in [0.15, 0.2) is 78.9 Å². The molecule has 0 N–H and O–H groups in total. The molecule has 1 fully saturated rings. The van der Waals surface area contributed by atoms with E-state index in [1.807, 2.05) is 42.5 Å². The third-order valence-electron chi connectivity index (χ3n) is 6.75. The molecule has 1 aliphatic heterocycles. The van der Waals surface area contributed by atoms with Crippen LogP contribution in [0.3, 0.4) is 0 Å². The van der Waals surface area contributed by atoms with Crippen LogP contribution in [0.1, 0.15) is 24.8 Å². The number of hydrogen-bond acceptors (Lipinski definition) is 4. The summed E-state index contributed by atoms with van der Waals surface area (Å²) in [6, 6.07) is 22.5. The van der Waals surface area contributed by atoms with Gasteiger partial charge in [0.25, 0.3) is 5.91 Å². The van der Waals surface area contributed by atoms with Crippen LogP contribution in [-0.2, 0) is 16.1 Å². The Morgan fingerprint density at radius 2 is 1.76 bits per heavy atom. The van der Waals surface area contributed by atoms with Gasteiger partial charge >= 0.3 is 0 Å². The summed E-state index contributed by atoms with van der Waals surface area (Å²) in [6.07, 6.45) is 1.71. The maximum Gasteiger partial charge on any atom is 0.260 e. The third-order valence-corrected chi connectivity index (χ3v) is 6.98. The SMILES string of the molecule is CN(Cc1ccccc1)C(=O)C[C@]1(COc2cccc(Cl)c2)CCCN(C(=O)COc2ccc(F)cc2)C1. The van der Waals surface area contributed by atoms with Gasteiger partial charge in [-0.15, -0.1) is 0 Å². The summed E-state index contributed by atoms with van der Waals surface area (Å²) in [5.74, 6) is 0.466. The van der Waals surface area contributed by atoms with E-state index in [0.29, 0.717) is 36.2 Å². The van der Waals surface area contributed by atoms with Gasteiger partial charge in [0.15, 0.2) is 6.61 Å². The highest BCUT2D eigenvalue weighted by molar-refractivity contribution is 6.30. The fourth-order valence-electron chi connectivity index (χ4n) is 4.70. The lowest BCUT2D eigenvalue weighted by molar-refractivity contribution is -0.142. The Labute approximate surface area is 227 Å². The van der Waals surface area contributed by atoms with Gasteiger partial charge in [-0.2, -0.15) is 0 Å². The standard InChI is InChI=1S/C30H32ClFN2O4/c1-33(19-23-7-3-2-4-8-23)28(35)18-30(22-38-27-10-5-9-24(31)17-27)15-6-16-34(21-30)29(36)20-37-26-13-11-25(32)12-14-26/h2-5,7-14,17H,6,15-16,18-22H2,1H3/t30-/m1/s1. The lowest BCUT2D eigenvalue weighted by atomic mass is 9.77. The first-order valence-corrected chi connectivity index (χ1v) is 13.0. The Morgan fingerprint density at radius 3 is 2.50 bits per heavy atom. The van der Waals surface area contributed by atoms with Crippen molar-refractivity contribution in [2.45, 2.75) is 25.8 Å². The number of amides is 2. The molecular weight excluding hydrogens is 507 g/mol. The number of benzene rings is 3. The summed E-state index contributed by atoms with van der Waals surface area (Å²) in [4.78, 5) is 29.9. The van der Waals surface area contributed by atoms with Crippen LogP contribution in [0.2, 0.25) is 5.02 Å². The molecule has 200 valence electrons. The Morgan fingerprint density at radius 1 is 1.00 bits per heavy atom. The molecule has 0 bridgehead atoms. The van der Waals surface area contributed by atoms with Crippen molar-refractivity contribution in [3.63, 3.8) is 0 Å². The van der Waals surface area contributed by atoms with Gasteiger partial charge in [-0.1, -0.05) is 48.0 Å². The highest BCUT2D eigenvalue weighted by Gasteiger charge is 2.40. The summed E-state index contributed by atoms with van der Waals surface area (Å²) in [7, 11) is 1.79. The molecule has 1 aliphatic rings. The third kappa shape index (κ3) is 7.71. The molecule has 0 unspecified atom stereocenters. The molecule has 1 saturated heterocycles. The topological polar surface area (TPSA) is 59.1 Å². The number of likely N-dealkylation sites (tertiary alicyclic amines) is 1. The number of piperidine rings is 1. The van der Waals surface area contributed by atoms with Crippen LogP contribution in [0.25, 0.3) is 0 Å². The van der Waals surface area contributed by atoms with Gasteiger partial charge in [0, 0.05) is 43.5 Å². The highest BCUT2D eigenvalue weighted by Crippen LogP contribution is 2.36. The summed E-state index contributed by atoms with van der Waals surface area (Å²) >= 11 is 6.13. The minimum Gasteiger partial charge on any atom is -0.493 e. The van der Waals surface area contributed by atoms with Gasteiger partial charge in [0.1, 0.15) is 17.3 Å². The Balaban J connectivity index is 1.45. The van der Waals surface area contributed by atoms with Gasteiger partial charge in [-0.3, -0.25) is 9.59 Å². The van der Waals surface area contributed by atoms with Crippen molar-refractivity contribution in [2.75, 3.05) is 33.4 Å². The van der Waals surface area contributed by atoms with E-state index in [1.54, 1.807) is 29.0 Å². The van der Waals surface area contributed by atoms with E-state index >= 15 is 0 Å². The molecule has 2 amide bonds. The molecule has 1 atom stereocenters. The molecule has 0 radical (unpaired) electrons.